The van der Waals surface area contributed by atoms with E-state index in [-0.39, 0.29) is 11.9 Å². The highest BCUT2D eigenvalue weighted by Gasteiger charge is 2.31. The highest BCUT2D eigenvalue weighted by Crippen LogP contribution is 2.28. The Morgan fingerprint density at radius 3 is 2.62 bits per heavy atom. The van der Waals surface area contributed by atoms with Gasteiger partial charge >= 0.3 is 0 Å². The molecular formula is C21H24N2O. The van der Waals surface area contributed by atoms with E-state index in [2.05, 4.69) is 53.2 Å². The van der Waals surface area contributed by atoms with E-state index in [4.69, 9.17) is 0 Å². The zero-order chi connectivity index (χ0) is 16.5. The number of nitrogens with zero attached hydrogens (tertiary/aromatic N) is 2. The fraction of sp³-hybridized carbons (Fsp3) is 0.381. The van der Waals surface area contributed by atoms with Crippen molar-refractivity contribution in [3.05, 3.63) is 70.8 Å². The highest BCUT2D eigenvalue weighted by molar-refractivity contribution is 5.95. The second-order valence-corrected chi connectivity index (χ2v) is 7.02. The normalized spacial score (nSPS) is 20.9. The Hall–Kier alpha value is -2.13. The summed E-state index contributed by atoms with van der Waals surface area (Å²) in [6, 6.07) is 16.8. The van der Waals surface area contributed by atoms with Crippen LogP contribution in [0.3, 0.4) is 0 Å². The van der Waals surface area contributed by atoms with E-state index in [1.54, 1.807) is 0 Å². The molecule has 1 atom stereocenters. The number of rotatable bonds is 2. The lowest BCUT2D eigenvalue weighted by atomic mass is 10.00. The Morgan fingerprint density at radius 2 is 1.79 bits per heavy atom. The third-order valence-electron chi connectivity index (χ3n) is 5.37. The molecule has 1 saturated heterocycles. The van der Waals surface area contributed by atoms with E-state index in [1.165, 1.54) is 23.1 Å². The van der Waals surface area contributed by atoms with Crippen molar-refractivity contribution in [1.82, 2.24) is 9.80 Å². The molecule has 2 aromatic carbocycles. The lowest BCUT2D eigenvalue weighted by Crippen LogP contribution is -2.49. The molecule has 2 aromatic rings. The summed E-state index contributed by atoms with van der Waals surface area (Å²) in [7, 11) is 2.13. The summed E-state index contributed by atoms with van der Waals surface area (Å²) in [5.74, 6) is 0.173. The molecule has 0 aromatic heterocycles. The molecule has 3 nitrogen and oxygen atoms in total. The molecule has 3 heteroatoms. The van der Waals surface area contributed by atoms with Gasteiger partial charge in [-0.2, -0.15) is 0 Å². The van der Waals surface area contributed by atoms with Crippen LogP contribution in [0.25, 0.3) is 0 Å². The Bertz CT molecular complexity index is 741. The molecule has 0 N–H and O–H groups in total. The second-order valence-electron chi connectivity index (χ2n) is 7.02. The molecule has 1 heterocycles. The maximum Gasteiger partial charge on any atom is 0.254 e. The third-order valence-corrected chi connectivity index (χ3v) is 5.37. The molecule has 124 valence electrons. The van der Waals surface area contributed by atoms with Crippen molar-refractivity contribution in [3.8, 4) is 0 Å². The van der Waals surface area contributed by atoms with Gasteiger partial charge < -0.3 is 9.80 Å². The monoisotopic (exact) mass is 320 g/mol. The predicted octanol–water partition coefficient (Wildman–Crippen LogP) is 3.30. The van der Waals surface area contributed by atoms with Gasteiger partial charge in [0.1, 0.15) is 0 Å². The predicted molar refractivity (Wildman–Crippen MR) is 96.2 cm³/mol. The van der Waals surface area contributed by atoms with Gasteiger partial charge in [-0.15, -0.1) is 0 Å². The number of likely N-dealkylation sites (N-methyl/N-ethyl adjacent to an activating group) is 1. The zero-order valence-electron chi connectivity index (χ0n) is 14.2. The van der Waals surface area contributed by atoms with Crippen molar-refractivity contribution in [1.29, 1.82) is 0 Å². The molecule has 1 aliphatic carbocycles. The highest BCUT2D eigenvalue weighted by atomic mass is 16.2. The first kappa shape index (κ1) is 15.4. The number of carbonyl (C=O) groups excluding carboxylic acids is 1. The molecule has 0 saturated carbocycles. The van der Waals surface area contributed by atoms with Gasteiger partial charge in [-0.05, 0) is 55.1 Å². The van der Waals surface area contributed by atoms with Gasteiger partial charge in [0, 0.05) is 25.2 Å². The maximum absolute atomic E-state index is 13.2. The summed E-state index contributed by atoms with van der Waals surface area (Å²) in [5.41, 5.74) is 4.86. The van der Waals surface area contributed by atoms with Crippen LogP contribution in [0.15, 0.2) is 48.5 Å². The minimum absolute atomic E-state index is 0.130. The molecule has 1 fully saturated rings. The van der Waals surface area contributed by atoms with E-state index in [9.17, 15) is 4.79 Å². The lowest BCUT2D eigenvalue weighted by molar-refractivity contribution is 0.0498. The number of aryl methyl sites for hydroxylation is 2. The topological polar surface area (TPSA) is 23.6 Å². The average Bonchev–Trinajstić information content (AvgIpc) is 3.09. The first-order chi connectivity index (χ1) is 11.7. The van der Waals surface area contributed by atoms with Crippen molar-refractivity contribution in [2.24, 2.45) is 0 Å². The van der Waals surface area contributed by atoms with E-state index in [0.717, 1.165) is 38.0 Å². The number of fused-ring (bicyclic) bond motifs is 1. The van der Waals surface area contributed by atoms with Crippen molar-refractivity contribution in [2.75, 3.05) is 26.7 Å². The molecule has 24 heavy (non-hydrogen) atoms. The van der Waals surface area contributed by atoms with E-state index in [1.807, 2.05) is 12.1 Å². The molecule has 0 bridgehead atoms. The molecule has 4 rings (SSSR count). The van der Waals surface area contributed by atoms with Crippen LogP contribution in [0.4, 0.5) is 0 Å². The molecule has 1 amide bonds. The summed E-state index contributed by atoms with van der Waals surface area (Å²) in [6.07, 6.45) is 3.49. The fourth-order valence-corrected chi connectivity index (χ4v) is 3.99. The van der Waals surface area contributed by atoms with Crippen LogP contribution in [0.5, 0.6) is 0 Å². The number of amides is 1. The number of carbonyl (C=O) groups is 1. The van der Waals surface area contributed by atoms with Gasteiger partial charge in [-0.3, -0.25) is 4.79 Å². The van der Waals surface area contributed by atoms with Crippen LogP contribution < -0.4 is 0 Å². The second kappa shape index (κ2) is 6.40. The summed E-state index contributed by atoms with van der Waals surface area (Å²) in [5, 5.41) is 0. The number of hydrogen-bond acceptors (Lipinski definition) is 2. The number of piperazine rings is 1. The van der Waals surface area contributed by atoms with Gasteiger partial charge in [-0.1, -0.05) is 36.4 Å². The van der Waals surface area contributed by atoms with Gasteiger partial charge in [0.15, 0.2) is 0 Å². The fourth-order valence-electron chi connectivity index (χ4n) is 3.99. The number of hydrogen-bond donors (Lipinski definition) is 0. The Kier molecular flexibility index (Phi) is 4.11. The molecule has 2 aliphatic rings. The third kappa shape index (κ3) is 2.84. The minimum atomic E-state index is 0.130. The first-order valence-electron chi connectivity index (χ1n) is 8.88. The lowest BCUT2D eigenvalue weighted by Gasteiger charge is -2.40. The van der Waals surface area contributed by atoms with Crippen molar-refractivity contribution >= 4 is 5.91 Å². The summed E-state index contributed by atoms with van der Waals surface area (Å²) in [6.45, 7) is 2.60. The molecular weight excluding hydrogens is 296 g/mol. The molecule has 0 unspecified atom stereocenters. The Balaban J connectivity index is 1.64. The van der Waals surface area contributed by atoms with Crippen LogP contribution >= 0.6 is 0 Å². The number of benzene rings is 2. The van der Waals surface area contributed by atoms with Gasteiger partial charge in [0.25, 0.3) is 5.91 Å². The first-order valence-corrected chi connectivity index (χ1v) is 8.88. The van der Waals surface area contributed by atoms with Crippen LogP contribution in [-0.2, 0) is 12.8 Å². The van der Waals surface area contributed by atoms with Crippen LogP contribution in [-0.4, -0.2) is 42.4 Å². The summed E-state index contributed by atoms with van der Waals surface area (Å²) < 4.78 is 0. The van der Waals surface area contributed by atoms with Crippen molar-refractivity contribution < 1.29 is 4.79 Å². The Morgan fingerprint density at radius 1 is 1.00 bits per heavy atom. The van der Waals surface area contributed by atoms with Crippen molar-refractivity contribution in [3.63, 3.8) is 0 Å². The summed E-state index contributed by atoms with van der Waals surface area (Å²) in [4.78, 5) is 17.6. The van der Waals surface area contributed by atoms with Gasteiger partial charge in [-0.25, -0.2) is 0 Å². The smallest absolute Gasteiger partial charge is 0.254 e. The van der Waals surface area contributed by atoms with E-state index in [0.29, 0.717) is 0 Å². The maximum atomic E-state index is 13.2. The van der Waals surface area contributed by atoms with Crippen molar-refractivity contribution in [2.45, 2.75) is 25.3 Å². The van der Waals surface area contributed by atoms with Gasteiger partial charge in [0.05, 0.1) is 6.04 Å². The van der Waals surface area contributed by atoms with Crippen LogP contribution in [0.2, 0.25) is 0 Å². The SMILES string of the molecule is CN1CCN(C(=O)c2ccc3c(c2)CCC3)[C@H](c2ccccc2)C1. The minimum Gasteiger partial charge on any atom is -0.329 e. The largest absolute Gasteiger partial charge is 0.329 e. The average molecular weight is 320 g/mol. The zero-order valence-corrected chi connectivity index (χ0v) is 14.2. The van der Waals surface area contributed by atoms with Crippen LogP contribution in [0, 0.1) is 0 Å². The Labute approximate surface area is 143 Å². The molecule has 0 spiro atoms. The standard InChI is InChI=1S/C21H24N2O/c1-22-12-13-23(20(15-22)17-6-3-2-4-7-17)21(24)19-11-10-16-8-5-9-18(16)14-19/h2-4,6-7,10-11,14,20H,5,8-9,12-13,15H2,1H3/t20-/m0/s1. The van der Waals surface area contributed by atoms with Gasteiger partial charge in [0.2, 0.25) is 0 Å². The quantitative estimate of drug-likeness (QED) is 0.847. The van der Waals surface area contributed by atoms with E-state index >= 15 is 0 Å². The summed E-state index contributed by atoms with van der Waals surface area (Å²) >= 11 is 0. The molecule has 1 aliphatic heterocycles. The van der Waals surface area contributed by atoms with Crippen LogP contribution in [0.1, 0.15) is 39.5 Å². The molecule has 0 radical (unpaired) electrons. The van der Waals surface area contributed by atoms with E-state index < -0.39 is 0 Å².